The number of esters is 1. The predicted molar refractivity (Wildman–Crippen MR) is 106 cm³/mol. The van der Waals surface area contributed by atoms with Crippen LogP contribution in [0.1, 0.15) is 42.2 Å². The van der Waals surface area contributed by atoms with Crippen LogP contribution in [-0.4, -0.2) is 42.7 Å². The number of pyridine rings is 1. The molecule has 0 amide bonds. The fourth-order valence-electron chi connectivity index (χ4n) is 4.04. The van der Waals surface area contributed by atoms with Gasteiger partial charge in [-0.2, -0.15) is 0 Å². The molecule has 6 heteroatoms. The number of fused-ring (bicyclic) bond motifs is 3. The quantitative estimate of drug-likeness (QED) is 0.690. The van der Waals surface area contributed by atoms with E-state index in [-0.39, 0.29) is 0 Å². The number of nitrogens with zero attached hydrogens (tertiary/aromatic N) is 2. The first-order chi connectivity index (χ1) is 13.2. The van der Waals surface area contributed by atoms with E-state index in [1.807, 2.05) is 0 Å². The molecule has 3 aromatic rings. The number of piperidine rings is 1. The Morgan fingerprint density at radius 3 is 2.74 bits per heavy atom. The zero-order chi connectivity index (χ0) is 18.8. The third-order valence-corrected chi connectivity index (χ3v) is 5.20. The minimum atomic E-state index is -0.406. The van der Waals surface area contributed by atoms with Crippen LogP contribution in [0.2, 0.25) is 0 Å². The first-order valence-electron chi connectivity index (χ1n) is 9.58. The van der Waals surface area contributed by atoms with E-state index in [2.05, 4.69) is 33.1 Å². The third-order valence-electron chi connectivity index (χ3n) is 5.20. The van der Waals surface area contributed by atoms with Gasteiger partial charge in [-0.15, -0.1) is 0 Å². The fraction of sp³-hybridized carbons (Fsp3) is 0.429. The van der Waals surface area contributed by atoms with Gasteiger partial charge in [0.1, 0.15) is 0 Å². The first kappa shape index (κ1) is 17.8. The molecule has 0 atom stereocenters. The van der Waals surface area contributed by atoms with Gasteiger partial charge in [0.25, 0.3) is 0 Å². The molecular weight excluding hydrogens is 342 g/mol. The molecule has 6 nitrogen and oxygen atoms in total. The number of hydrogen-bond donors (Lipinski definition) is 1. The van der Waals surface area contributed by atoms with Gasteiger partial charge in [0, 0.05) is 47.7 Å². The van der Waals surface area contributed by atoms with Crippen molar-refractivity contribution in [1.82, 2.24) is 9.97 Å². The summed E-state index contributed by atoms with van der Waals surface area (Å²) in [4.78, 5) is 22.8. The third kappa shape index (κ3) is 3.14. The second-order valence-electron chi connectivity index (χ2n) is 6.90. The Bertz CT molecular complexity index is 974. The Morgan fingerprint density at radius 2 is 2.00 bits per heavy atom. The Balaban J connectivity index is 1.99. The minimum Gasteiger partial charge on any atom is -0.461 e. The maximum atomic E-state index is 12.5. The lowest BCUT2D eigenvalue weighted by Crippen LogP contribution is -2.29. The Hall–Kier alpha value is -2.60. The Kier molecular flexibility index (Phi) is 4.99. The number of rotatable bonds is 5. The minimum absolute atomic E-state index is 0.305. The van der Waals surface area contributed by atoms with Crippen LogP contribution in [0, 0.1) is 0 Å². The highest BCUT2D eigenvalue weighted by Crippen LogP contribution is 2.37. The van der Waals surface area contributed by atoms with E-state index in [0.29, 0.717) is 18.9 Å². The van der Waals surface area contributed by atoms with Crippen molar-refractivity contribution < 1.29 is 14.3 Å². The number of anilines is 1. The molecule has 0 bridgehead atoms. The summed E-state index contributed by atoms with van der Waals surface area (Å²) in [5, 5.41) is 2.14. The van der Waals surface area contributed by atoms with Gasteiger partial charge < -0.3 is 19.4 Å². The van der Waals surface area contributed by atoms with Crippen molar-refractivity contribution in [1.29, 1.82) is 0 Å². The molecule has 27 heavy (non-hydrogen) atoms. The first-order valence-corrected chi connectivity index (χ1v) is 9.58. The number of aromatic nitrogens is 2. The molecule has 0 unspecified atom stereocenters. The van der Waals surface area contributed by atoms with Crippen molar-refractivity contribution in [3.63, 3.8) is 0 Å². The van der Waals surface area contributed by atoms with Gasteiger partial charge in [0.05, 0.1) is 24.9 Å². The summed E-state index contributed by atoms with van der Waals surface area (Å²) in [7, 11) is 1.63. The van der Waals surface area contributed by atoms with Crippen molar-refractivity contribution >= 4 is 33.5 Å². The predicted octanol–water partition coefficient (Wildman–Crippen LogP) is 4.03. The molecule has 1 aliphatic rings. The maximum Gasteiger partial charge on any atom is 0.357 e. The molecule has 1 N–H and O–H groups in total. The van der Waals surface area contributed by atoms with E-state index < -0.39 is 5.97 Å². The number of benzene rings is 1. The van der Waals surface area contributed by atoms with Crippen LogP contribution in [-0.2, 0) is 16.1 Å². The normalized spacial score (nSPS) is 14.8. The number of carbonyl (C=O) groups is 1. The molecule has 0 saturated carbocycles. The molecule has 0 aliphatic carbocycles. The lowest BCUT2D eigenvalue weighted by atomic mass is 10.0. The number of carbonyl (C=O) groups excluding carboxylic acids is 1. The van der Waals surface area contributed by atoms with Crippen molar-refractivity contribution in [2.24, 2.45) is 0 Å². The summed E-state index contributed by atoms with van der Waals surface area (Å²) in [5.74, 6) is -0.406. The lowest BCUT2D eigenvalue weighted by Gasteiger charge is -2.29. The molecule has 1 saturated heterocycles. The van der Waals surface area contributed by atoms with E-state index in [9.17, 15) is 4.79 Å². The van der Waals surface area contributed by atoms with E-state index in [1.54, 1.807) is 20.2 Å². The average molecular weight is 367 g/mol. The number of ether oxygens (including phenoxy) is 2. The highest BCUT2D eigenvalue weighted by molar-refractivity contribution is 6.16. The number of H-pyrrole nitrogens is 1. The molecule has 0 radical (unpaired) electrons. The lowest BCUT2D eigenvalue weighted by molar-refractivity contribution is 0.0514. The Morgan fingerprint density at radius 1 is 1.19 bits per heavy atom. The van der Waals surface area contributed by atoms with Crippen molar-refractivity contribution in [2.45, 2.75) is 32.8 Å². The molecule has 0 spiro atoms. The van der Waals surface area contributed by atoms with Crippen molar-refractivity contribution in [3.8, 4) is 0 Å². The van der Waals surface area contributed by atoms with Crippen LogP contribution in [0.4, 0.5) is 5.69 Å². The van der Waals surface area contributed by atoms with E-state index in [0.717, 1.165) is 40.5 Å². The topological polar surface area (TPSA) is 67.5 Å². The Labute approximate surface area is 158 Å². The van der Waals surface area contributed by atoms with Crippen LogP contribution in [0.25, 0.3) is 21.8 Å². The van der Waals surface area contributed by atoms with Gasteiger partial charge in [-0.05, 0) is 38.3 Å². The molecule has 2 aromatic heterocycles. The number of methoxy groups -OCH3 is 1. The van der Waals surface area contributed by atoms with E-state index >= 15 is 0 Å². The second-order valence-corrected chi connectivity index (χ2v) is 6.90. The summed E-state index contributed by atoms with van der Waals surface area (Å²) < 4.78 is 10.7. The van der Waals surface area contributed by atoms with Gasteiger partial charge in [0.2, 0.25) is 0 Å². The SMILES string of the molecule is CCOC(=O)c1ncc2[nH]c3cccc(N4CCCCC4)c3c2c1COC. The van der Waals surface area contributed by atoms with Gasteiger partial charge in [-0.25, -0.2) is 9.78 Å². The number of nitrogens with one attached hydrogen (secondary N) is 1. The zero-order valence-electron chi connectivity index (χ0n) is 15.9. The molecule has 3 heterocycles. The largest absolute Gasteiger partial charge is 0.461 e. The zero-order valence-corrected chi connectivity index (χ0v) is 15.9. The van der Waals surface area contributed by atoms with Crippen LogP contribution >= 0.6 is 0 Å². The summed E-state index contributed by atoms with van der Waals surface area (Å²) in [6.45, 7) is 4.53. The number of hydrogen-bond acceptors (Lipinski definition) is 5. The highest BCUT2D eigenvalue weighted by Gasteiger charge is 2.23. The summed E-state index contributed by atoms with van der Waals surface area (Å²) in [6, 6.07) is 6.32. The number of aromatic amines is 1. The summed E-state index contributed by atoms with van der Waals surface area (Å²) in [5.41, 5.74) is 4.28. The van der Waals surface area contributed by atoms with Gasteiger partial charge in [-0.1, -0.05) is 6.07 Å². The molecule has 4 rings (SSSR count). The molecule has 1 aliphatic heterocycles. The van der Waals surface area contributed by atoms with Crippen molar-refractivity contribution in [3.05, 3.63) is 35.7 Å². The molecule has 142 valence electrons. The molecule has 1 fully saturated rings. The molecular formula is C21H25N3O3. The summed E-state index contributed by atoms with van der Waals surface area (Å²) >= 11 is 0. The van der Waals surface area contributed by atoms with Crippen LogP contribution in [0.5, 0.6) is 0 Å². The standard InChI is InChI=1S/C21H25N3O3/c1-3-27-21(25)20-14(13-26-2)18-16(12-22-20)23-15-8-7-9-17(19(15)18)24-10-5-4-6-11-24/h7-9,12,23H,3-6,10-11,13H2,1-2H3. The monoisotopic (exact) mass is 367 g/mol. The maximum absolute atomic E-state index is 12.5. The fourth-order valence-corrected chi connectivity index (χ4v) is 4.04. The highest BCUT2D eigenvalue weighted by atomic mass is 16.5. The summed E-state index contributed by atoms with van der Waals surface area (Å²) in [6.07, 6.45) is 5.42. The second kappa shape index (κ2) is 7.56. The van der Waals surface area contributed by atoms with Crippen molar-refractivity contribution in [2.75, 3.05) is 31.7 Å². The van der Waals surface area contributed by atoms with Gasteiger partial charge in [-0.3, -0.25) is 0 Å². The smallest absolute Gasteiger partial charge is 0.357 e. The molecule has 1 aromatic carbocycles. The van der Waals surface area contributed by atoms with Gasteiger partial charge >= 0.3 is 5.97 Å². The van der Waals surface area contributed by atoms with E-state index in [4.69, 9.17) is 9.47 Å². The van der Waals surface area contributed by atoms with Crippen LogP contribution in [0.3, 0.4) is 0 Å². The van der Waals surface area contributed by atoms with Crippen LogP contribution < -0.4 is 4.90 Å². The van der Waals surface area contributed by atoms with E-state index in [1.165, 1.54) is 24.9 Å². The van der Waals surface area contributed by atoms with Gasteiger partial charge in [0.15, 0.2) is 5.69 Å². The van der Waals surface area contributed by atoms with Crippen LogP contribution in [0.15, 0.2) is 24.4 Å². The average Bonchev–Trinajstić information content (AvgIpc) is 3.08.